The Balaban J connectivity index is 1.87. The predicted octanol–water partition coefficient (Wildman–Crippen LogP) is 1.60. The first kappa shape index (κ1) is 13.1. The minimum absolute atomic E-state index is 0.0135. The number of rotatable bonds is 5. The molecule has 1 aliphatic rings. The maximum atomic E-state index is 11.7. The molecule has 3 nitrogen and oxygen atoms in total. The second kappa shape index (κ2) is 6.01. The standard InChI is InChI=1S/C15H21NO2/c1-2-14(17)10-16-15(18)9-11-6-7-12-4-3-5-13(12)8-11/h6-8,14,17H,2-5,9-10H2,1H3,(H,16,18). The molecule has 0 aromatic heterocycles. The molecule has 2 N–H and O–H groups in total. The van der Waals surface area contributed by atoms with E-state index in [1.165, 1.54) is 24.0 Å². The summed E-state index contributed by atoms with van der Waals surface area (Å²) in [5.74, 6) is -0.0135. The van der Waals surface area contributed by atoms with E-state index in [2.05, 4.69) is 17.4 Å². The van der Waals surface area contributed by atoms with Gasteiger partial charge in [0, 0.05) is 6.54 Å². The summed E-state index contributed by atoms with van der Waals surface area (Å²) >= 11 is 0. The van der Waals surface area contributed by atoms with Crippen molar-refractivity contribution < 1.29 is 9.90 Å². The van der Waals surface area contributed by atoms with Gasteiger partial charge in [0.1, 0.15) is 0 Å². The highest BCUT2D eigenvalue weighted by atomic mass is 16.3. The van der Waals surface area contributed by atoms with Gasteiger partial charge in [-0.3, -0.25) is 4.79 Å². The van der Waals surface area contributed by atoms with E-state index in [4.69, 9.17) is 0 Å². The summed E-state index contributed by atoms with van der Waals surface area (Å²) in [6.07, 6.45) is 4.18. The predicted molar refractivity (Wildman–Crippen MR) is 71.5 cm³/mol. The molecule has 1 aromatic rings. The Hall–Kier alpha value is -1.35. The zero-order valence-electron chi connectivity index (χ0n) is 10.9. The van der Waals surface area contributed by atoms with Crippen molar-refractivity contribution in [2.75, 3.05) is 6.54 Å². The van der Waals surface area contributed by atoms with Crippen LogP contribution < -0.4 is 5.32 Å². The Morgan fingerprint density at radius 3 is 2.94 bits per heavy atom. The first-order valence-corrected chi connectivity index (χ1v) is 6.74. The van der Waals surface area contributed by atoms with Crippen LogP contribution in [0.25, 0.3) is 0 Å². The van der Waals surface area contributed by atoms with Crippen LogP contribution >= 0.6 is 0 Å². The summed E-state index contributed by atoms with van der Waals surface area (Å²) in [7, 11) is 0. The SMILES string of the molecule is CCC(O)CNC(=O)Cc1ccc2c(c1)CCC2. The Morgan fingerprint density at radius 2 is 2.17 bits per heavy atom. The molecule has 1 atom stereocenters. The number of nitrogens with one attached hydrogen (secondary N) is 1. The van der Waals surface area contributed by atoms with Gasteiger partial charge in [0.2, 0.25) is 5.91 Å². The first-order chi connectivity index (χ1) is 8.69. The van der Waals surface area contributed by atoms with Crippen molar-refractivity contribution >= 4 is 5.91 Å². The Kier molecular flexibility index (Phi) is 4.37. The van der Waals surface area contributed by atoms with Gasteiger partial charge in [-0.1, -0.05) is 25.1 Å². The first-order valence-electron chi connectivity index (χ1n) is 6.74. The van der Waals surface area contributed by atoms with Gasteiger partial charge in [-0.15, -0.1) is 0 Å². The molecular weight excluding hydrogens is 226 g/mol. The van der Waals surface area contributed by atoms with Gasteiger partial charge in [-0.05, 0) is 42.4 Å². The third kappa shape index (κ3) is 3.33. The van der Waals surface area contributed by atoms with Crippen molar-refractivity contribution in [3.05, 3.63) is 34.9 Å². The van der Waals surface area contributed by atoms with E-state index in [1.54, 1.807) is 0 Å². The van der Waals surface area contributed by atoms with Crippen molar-refractivity contribution in [2.45, 2.75) is 45.1 Å². The Bertz CT molecular complexity index is 429. The maximum Gasteiger partial charge on any atom is 0.224 e. The lowest BCUT2D eigenvalue weighted by Gasteiger charge is -2.10. The molecule has 1 amide bonds. The van der Waals surface area contributed by atoms with Crippen molar-refractivity contribution in [3.63, 3.8) is 0 Å². The topological polar surface area (TPSA) is 49.3 Å². The Labute approximate surface area is 108 Å². The van der Waals surface area contributed by atoms with Gasteiger partial charge in [-0.25, -0.2) is 0 Å². The number of hydrogen-bond acceptors (Lipinski definition) is 2. The number of aliphatic hydroxyl groups is 1. The van der Waals surface area contributed by atoms with Gasteiger partial charge in [0.25, 0.3) is 0 Å². The molecule has 1 unspecified atom stereocenters. The molecule has 2 rings (SSSR count). The summed E-state index contributed by atoms with van der Waals surface area (Å²) in [6, 6.07) is 6.34. The van der Waals surface area contributed by atoms with E-state index < -0.39 is 6.10 Å². The van der Waals surface area contributed by atoms with Crippen molar-refractivity contribution in [3.8, 4) is 0 Å². The molecular formula is C15H21NO2. The molecule has 0 heterocycles. The minimum Gasteiger partial charge on any atom is -0.391 e. The number of carbonyl (C=O) groups is 1. The lowest BCUT2D eigenvalue weighted by molar-refractivity contribution is -0.120. The number of benzene rings is 1. The molecule has 18 heavy (non-hydrogen) atoms. The van der Waals surface area contributed by atoms with Crippen molar-refractivity contribution in [1.82, 2.24) is 5.32 Å². The van der Waals surface area contributed by atoms with E-state index in [0.717, 1.165) is 12.0 Å². The fourth-order valence-corrected chi connectivity index (χ4v) is 2.36. The Morgan fingerprint density at radius 1 is 1.39 bits per heavy atom. The molecule has 0 radical (unpaired) electrons. The molecule has 1 aliphatic carbocycles. The van der Waals surface area contributed by atoms with Crippen LogP contribution in [0.4, 0.5) is 0 Å². The summed E-state index contributed by atoms with van der Waals surface area (Å²) in [5, 5.41) is 12.1. The third-order valence-corrected chi connectivity index (χ3v) is 3.53. The van der Waals surface area contributed by atoms with E-state index in [-0.39, 0.29) is 5.91 Å². The number of fused-ring (bicyclic) bond motifs is 1. The smallest absolute Gasteiger partial charge is 0.224 e. The fraction of sp³-hybridized carbons (Fsp3) is 0.533. The van der Waals surface area contributed by atoms with Crippen LogP contribution in [0.2, 0.25) is 0 Å². The largest absolute Gasteiger partial charge is 0.391 e. The minimum atomic E-state index is -0.436. The highest BCUT2D eigenvalue weighted by Crippen LogP contribution is 2.22. The van der Waals surface area contributed by atoms with Gasteiger partial charge in [-0.2, -0.15) is 0 Å². The van der Waals surface area contributed by atoms with E-state index in [1.807, 2.05) is 13.0 Å². The molecule has 0 saturated carbocycles. The van der Waals surface area contributed by atoms with Crippen LogP contribution in [-0.4, -0.2) is 23.7 Å². The third-order valence-electron chi connectivity index (χ3n) is 3.53. The van der Waals surface area contributed by atoms with E-state index in [0.29, 0.717) is 19.4 Å². The number of aliphatic hydroxyl groups excluding tert-OH is 1. The zero-order chi connectivity index (χ0) is 13.0. The summed E-state index contributed by atoms with van der Waals surface area (Å²) in [4.78, 5) is 11.7. The van der Waals surface area contributed by atoms with Crippen LogP contribution in [0.1, 0.15) is 36.5 Å². The number of carbonyl (C=O) groups excluding carboxylic acids is 1. The molecule has 0 fully saturated rings. The zero-order valence-corrected chi connectivity index (χ0v) is 10.9. The van der Waals surface area contributed by atoms with Crippen LogP contribution in [0, 0.1) is 0 Å². The average Bonchev–Trinajstić information content (AvgIpc) is 2.83. The van der Waals surface area contributed by atoms with Crippen LogP contribution in [0.5, 0.6) is 0 Å². The molecule has 0 aliphatic heterocycles. The van der Waals surface area contributed by atoms with Gasteiger partial charge < -0.3 is 10.4 Å². The highest BCUT2D eigenvalue weighted by molar-refractivity contribution is 5.78. The number of hydrogen-bond donors (Lipinski definition) is 2. The normalized spacial score (nSPS) is 15.2. The molecule has 0 saturated heterocycles. The quantitative estimate of drug-likeness (QED) is 0.830. The van der Waals surface area contributed by atoms with Crippen molar-refractivity contribution in [2.24, 2.45) is 0 Å². The molecule has 98 valence electrons. The van der Waals surface area contributed by atoms with Gasteiger partial charge >= 0.3 is 0 Å². The van der Waals surface area contributed by atoms with E-state index in [9.17, 15) is 9.90 Å². The fourth-order valence-electron chi connectivity index (χ4n) is 2.36. The number of amides is 1. The molecule has 0 bridgehead atoms. The van der Waals surface area contributed by atoms with Gasteiger partial charge in [0.05, 0.1) is 12.5 Å². The highest BCUT2D eigenvalue weighted by Gasteiger charge is 2.12. The summed E-state index contributed by atoms with van der Waals surface area (Å²) < 4.78 is 0. The lowest BCUT2D eigenvalue weighted by atomic mass is 10.0. The van der Waals surface area contributed by atoms with Crippen molar-refractivity contribution in [1.29, 1.82) is 0 Å². The monoisotopic (exact) mass is 247 g/mol. The second-order valence-electron chi connectivity index (χ2n) is 5.00. The van der Waals surface area contributed by atoms with E-state index >= 15 is 0 Å². The summed E-state index contributed by atoms with van der Waals surface area (Å²) in [5.41, 5.74) is 3.90. The molecule has 0 spiro atoms. The van der Waals surface area contributed by atoms with Gasteiger partial charge in [0.15, 0.2) is 0 Å². The maximum absolute atomic E-state index is 11.7. The molecule has 3 heteroatoms. The van der Waals surface area contributed by atoms with Crippen LogP contribution in [0.3, 0.4) is 0 Å². The lowest BCUT2D eigenvalue weighted by Crippen LogP contribution is -2.32. The summed E-state index contributed by atoms with van der Waals surface area (Å²) in [6.45, 7) is 2.25. The molecule has 1 aromatic carbocycles. The second-order valence-corrected chi connectivity index (χ2v) is 5.00. The average molecular weight is 247 g/mol. The van der Waals surface area contributed by atoms with Crippen LogP contribution in [0.15, 0.2) is 18.2 Å². The number of aryl methyl sites for hydroxylation is 2. The van der Waals surface area contributed by atoms with Crippen LogP contribution in [-0.2, 0) is 24.1 Å².